The summed E-state index contributed by atoms with van der Waals surface area (Å²) in [5, 5.41) is 0. The molecule has 2 N–H and O–H groups in total. The number of benzene rings is 2. The van der Waals surface area contributed by atoms with Gasteiger partial charge < -0.3 is 15.2 Å². The number of carbonyl (C=O) groups is 1. The van der Waals surface area contributed by atoms with E-state index in [-0.39, 0.29) is 30.5 Å². The minimum absolute atomic E-state index is 0.0393. The molecular formula is C20H16F2N2O3. The number of rotatable bonds is 7. The standard InChI is InChI=1S/C20H16F2N2O3/c21-14-6-4-13(5-7-14)17-8-9-24-18(20(23)25)19(17)27-11-10-26-16-3-1-2-15(22)12-16/h1-9,12H,10-11H2,(H2,23,25). The van der Waals surface area contributed by atoms with Crippen molar-refractivity contribution in [3.63, 3.8) is 0 Å². The molecule has 0 unspecified atom stereocenters. The van der Waals surface area contributed by atoms with Crippen LogP contribution in [-0.4, -0.2) is 24.1 Å². The Labute approximate surface area is 154 Å². The fourth-order valence-corrected chi connectivity index (χ4v) is 2.49. The predicted molar refractivity (Wildman–Crippen MR) is 95.5 cm³/mol. The largest absolute Gasteiger partial charge is 0.490 e. The average molecular weight is 370 g/mol. The van der Waals surface area contributed by atoms with E-state index < -0.39 is 11.7 Å². The molecule has 138 valence electrons. The van der Waals surface area contributed by atoms with E-state index in [1.165, 1.54) is 36.5 Å². The highest BCUT2D eigenvalue weighted by Gasteiger charge is 2.17. The number of aromatic nitrogens is 1. The van der Waals surface area contributed by atoms with Crippen LogP contribution in [0.2, 0.25) is 0 Å². The Morgan fingerprint density at radius 2 is 1.70 bits per heavy atom. The van der Waals surface area contributed by atoms with Gasteiger partial charge in [0.25, 0.3) is 5.91 Å². The second kappa shape index (κ2) is 8.27. The number of carbonyl (C=O) groups excluding carboxylic acids is 1. The lowest BCUT2D eigenvalue weighted by Crippen LogP contribution is -2.17. The summed E-state index contributed by atoms with van der Waals surface area (Å²) in [6, 6.07) is 13.1. The molecule has 0 spiro atoms. The van der Waals surface area contributed by atoms with Crippen molar-refractivity contribution in [2.75, 3.05) is 13.2 Å². The van der Waals surface area contributed by atoms with Crippen LogP contribution in [0.25, 0.3) is 11.1 Å². The summed E-state index contributed by atoms with van der Waals surface area (Å²) in [6.45, 7) is 0.177. The summed E-state index contributed by atoms with van der Waals surface area (Å²) in [5.74, 6) is -0.998. The first-order valence-corrected chi connectivity index (χ1v) is 8.10. The average Bonchev–Trinajstić information content (AvgIpc) is 2.66. The molecule has 1 aromatic heterocycles. The van der Waals surface area contributed by atoms with E-state index in [1.807, 2.05) is 0 Å². The molecule has 0 aliphatic heterocycles. The zero-order valence-corrected chi connectivity index (χ0v) is 14.2. The Bertz CT molecular complexity index is 946. The summed E-state index contributed by atoms with van der Waals surface area (Å²) in [4.78, 5) is 15.7. The Kier molecular flexibility index (Phi) is 5.61. The molecule has 0 saturated heterocycles. The molecule has 3 rings (SSSR count). The van der Waals surface area contributed by atoms with Crippen molar-refractivity contribution in [2.45, 2.75) is 0 Å². The highest BCUT2D eigenvalue weighted by atomic mass is 19.1. The molecule has 2 aromatic carbocycles. The maximum Gasteiger partial charge on any atom is 0.271 e. The van der Waals surface area contributed by atoms with Crippen molar-refractivity contribution in [3.8, 4) is 22.6 Å². The molecule has 0 atom stereocenters. The van der Waals surface area contributed by atoms with Gasteiger partial charge in [-0.3, -0.25) is 4.79 Å². The van der Waals surface area contributed by atoms with E-state index in [9.17, 15) is 13.6 Å². The van der Waals surface area contributed by atoms with Crippen molar-refractivity contribution in [1.82, 2.24) is 4.98 Å². The van der Waals surface area contributed by atoms with Gasteiger partial charge in [-0.25, -0.2) is 13.8 Å². The normalized spacial score (nSPS) is 10.4. The van der Waals surface area contributed by atoms with Crippen molar-refractivity contribution in [1.29, 1.82) is 0 Å². The van der Waals surface area contributed by atoms with Gasteiger partial charge in [-0.2, -0.15) is 0 Å². The molecular weight excluding hydrogens is 354 g/mol. The van der Waals surface area contributed by atoms with E-state index >= 15 is 0 Å². The van der Waals surface area contributed by atoms with Crippen LogP contribution < -0.4 is 15.2 Å². The molecule has 27 heavy (non-hydrogen) atoms. The van der Waals surface area contributed by atoms with Crippen LogP contribution in [0.5, 0.6) is 11.5 Å². The minimum Gasteiger partial charge on any atom is -0.490 e. The van der Waals surface area contributed by atoms with Gasteiger partial charge >= 0.3 is 0 Å². The van der Waals surface area contributed by atoms with E-state index in [4.69, 9.17) is 15.2 Å². The zero-order valence-electron chi connectivity index (χ0n) is 14.2. The molecule has 7 heteroatoms. The molecule has 0 radical (unpaired) electrons. The number of pyridine rings is 1. The third-order valence-electron chi connectivity index (χ3n) is 3.69. The number of amides is 1. The van der Waals surface area contributed by atoms with Crippen LogP contribution in [0.1, 0.15) is 10.5 Å². The quantitative estimate of drug-likeness (QED) is 0.645. The molecule has 1 amide bonds. The predicted octanol–water partition coefficient (Wildman–Crippen LogP) is 3.58. The van der Waals surface area contributed by atoms with Crippen molar-refractivity contribution in [2.24, 2.45) is 5.73 Å². The smallest absolute Gasteiger partial charge is 0.271 e. The van der Waals surface area contributed by atoms with E-state index in [2.05, 4.69) is 4.98 Å². The van der Waals surface area contributed by atoms with Crippen molar-refractivity contribution >= 4 is 5.91 Å². The molecule has 3 aromatic rings. The molecule has 0 bridgehead atoms. The van der Waals surface area contributed by atoms with Gasteiger partial charge in [-0.1, -0.05) is 18.2 Å². The summed E-state index contributed by atoms with van der Waals surface area (Å²) in [6.07, 6.45) is 1.43. The van der Waals surface area contributed by atoms with Gasteiger partial charge in [0.1, 0.15) is 30.6 Å². The number of halogens is 2. The van der Waals surface area contributed by atoms with Gasteiger partial charge in [-0.15, -0.1) is 0 Å². The SMILES string of the molecule is NC(=O)c1nccc(-c2ccc(F)cc2)c1OCCOc1cccc(F)c1. The number of ether oxygens (including phenoxy) is 2. The first-order valence-electron chi connectivity index (χ1n) is 8.10. The first kappa shape index (κ1) is 18.3. The molecule has 0 aliphatic rings. The Hall–Kier alpha value is -3.48. The van der Waals surface area contributed by atoms with Crippen LogP contribution >= 0.6 is 0 Å². The lowest BCUT2D eigenvalue weighted by molar-refractivity contribution is 0.0990. The fraction of sp³-hybridized carbons (Fsp3) is 0.100. The highest BCUT2D eigenvalue weighted by molar-refractivity contribution is 5.96. The van der Waals surface area contributed by atoms with Gasteiger partial charge in [-0.05, 0) is 35.9 Å². The summed E-state index contributed by atoms with van der Waals surface area (Å²) in [5.41, 5.74) is 6.53. The molecule has 0 aliphatic carbocycles. The van der Waals surface area contributed by atoms with Crippen LogP contribution in [0.15, 0.2) is 60.8 Å². The van der Waals surface area contributed by atoms with E-state index in [1.54, 1.807) is 24.3 Å². The maximum atomic E-state index is 13.2. The fourth-order valence-electron chi connectivity index (χ4n) is 2.49. The number of nitrogens with zero attached hydrogens (tertiary/aromatic N) is 1. The third kappa shape index (κ3) is 4.58. The Morgan fingerprint density at radius 3 is 2.41 bits per heavy atom. The topological polar surface area (TPSA) is 74.4 Å². The summed E-state index contributed by atoms with van der Waals surface area (Å²) in [7, 11) is 0. The van der Waals surface area contributed by atoms with Gasteiger partial charge in [0.05, 0.1) is 0 Å². The number of hydrogen-bond donors (Lipinski definition) is 1. The highest BCUT2D eigenvalue weighted by Crippen LogP contribution is 2.32. The van der Waals surface area contributed by atoms with Crippen molar-refractivity contribution in [3.05, 3.63) is 78.1 Å². The monoisotopic (exact) mass is 370 g/mol. The second-order valence-electron chi connectivity index (χ2n) is 5.56. The van der Waals surface area contributed by atoms with Crippen LogP contribution in [0.3, 0.4) is 0 Å². The molecule has 5 nitrogen and oxygen atoms in total. The lowest BCUT2D eigenvalue weighted by Gasteiger charge is -2.14. The number of primary amides is 1. The van der Waals surface area contributed by atoms with Gasteiger partial charge in [0, 0.05) is 17.8 Å². The Balaban J connectivity index is 1.78. The summed E-state index contributed by atoms with van der Waals surface area (Å²) >= 11 is 0. The molecule has 1 heterocycles. The number of nitrogens with two attached hydrogens (primary N) is 1. The van der Waals surface area contributed by atoms with Gasteiger partial charge in [0.15, 0.2) is 11.4 Å². The van der Waals surface area contributed by atoms with E-state index in [0.29, 0.717) is 16.9 Å². The minimum atomic E-state index is -0.750. The summed E-state index contributed by atoms with van der Waals surface area (Å²) < 4.78 is 37.5. The third-order valence-corrected chi connectivity index (χ3v) is 3.69. The Morgan fingerprint density at radius 1 is 0.963 bits per heavy atom. The molecule has 0 saturated carbocycles. The lowest BCUT2D eigenvalue weighted by atomic mass is 10.0. The van der Waals surface area contributed by atoms with E-state index in [0.717, 1.165) is 0 Å². The zero-order chi connectivity index (χ0) is 19.2. The maximum absolute atomic E-state index is 13.2. The second-order valence-corrected chi connectivity index (χ2v) is 5.56. The van der Waals surface area contributed by atoms with Crippen molar-refractivity contribution < 1.29 is 23.0 Å². The van der Waals surface area contributed by atoms with Crippen LogP contribution in [0.4, 0.5) is 8.78 Å². The first-order chi connectivity index (χ1) is 13.0. The van der Waals surface area contributed by atoms with Gasteiger partial charge in [0.2, 0.25) is 0 Å². The van der Waals surface area contributed by atoms with Crippen LogP contribution in [0, 0.1) is 11.6 Å². The molecule has 0 fully saturated rings. The van der Waals surface area contributed by atoms with Crippen LogP contribution in [-0.2, 0) is 0 Å². The number of hydrogen-bond acceptors (Lipinski definition) is 4.